The lowest BCUT2D eigenvalue weighted by molar-refractivity contribution is 0.0943. The van der Waals surface area contributed by atoms with Gasteiger partial charge in [0.15, 0.2) is 0 Å². The van der Waals surface area contributed by atoms with Gasteiger partial charge in [-0.25, -0.2) is 0 Å². The lowest BCUT2D eigenvalue weighted by Crippen LogP contribution is -2.29. The molecule has 0 aromatic heterocycles. The van der Waals surface area contributed by atoms with Crippen LogP contribution in [0.1, 0.15) is 38.1 Å². The summed E-state index contributed by atoms with van der Waals surface area (Å²) in [7, 11) is 0. The lowest BCUT2D eigenvalue weighted by Gasteiger charge is -2.07. The zero-order valence-corrected chi connectivity index (χ0v) is 12.8. The zero-order chi connectivity index (χ0) is 12.8. The summed E-state index contributed by atoms with van der Waals surface area (Å²) in [6.45, 7) is 8.80. The molecule has 0 spiro atoms. The standard InChI is InChI=1S/C14H18INO/c1-13(2)12(14(13,3)4)16-11(17)9-6-5-7-10(15)8-9/h5-8,12H,1-4H3,(H,16,17). The van der Waals surface area contributed by atoms with E-state index >= 15 is 0 Å². The van der Waals surface area contributed by atoms with Crippen molar-refractivity contribution >= 4 is 28.5 Å². The van der Waals surface area contributed by atoms with Gasteiger partial charge in [-0.1, -0.05) is 33.8 Å². The summed E-state index contributed by atoms with van der Waals surface area (Å²) in [6, 6.07) is 7.95. The second-order valence-corrected chi connectivity index (χ2v) is 7.11. The molecule has 0 heterocycles. The van der Waals surface area contributed by atoms with Gasteiger partial charge in [-0.05, 0) is 51.6 Å². The Morgan fingerprint density at radius 1 is 1.24 bits per heavy atom. The topological polar surface area (TPSA) is 29.1 Å². The van der Waals surface area contributed by atoms with Gasteiger partial charge in [-0.3, -0.25) is 4.79 Å². The Labute approximate surface area is 116 Å². The Morgan fingerprint density at radius 3 is 2.29 bits per heavy atom. The summed E-state index contributed by atoms with van der Waals surface area (Å²) >= 11 is 2.22. The molecule has 0 unspecified atom stereocenters. The first-order chi connectivity index (χ1) is 7.76. The Balaban J connectivity index is 2.10. The van der Waals surface area contributed by atoms with Crippen LogP contribution in [0.2, 0.25) is 0 Å². The van der Waals surface area contributed by atoms with E-state index in [0.717, 1.165) is 9.13 Å². The van der Waals surface area contributed by atoms with Crippen LogP contribution in [0.25, 0.3) is 0 Å². The van der Waals surface area contributed by atoms with Gasteiger partial charge < -0.3 is 5.32 Å². The molecule has 1 saturated carbocycles. The molecule has 1 aliphatic rings. The fourth-order valence-electron chi connectivity index (χ4n) is 2.40. The molecular formula is C14H18INO. The van der Waals surface area contributed by atoms with Crippen molar-refractivity contribution in [2.45, 2.75) is 33.7 Å². The van der Waals surface area contributed by atoms with Gasteiger partial charge in [-0.2, -0.15) is 0 Å². The SMILES string of the molecule is CC1(C)C(NC(=O)c2cccc(I)c2)C1(C)C. The summed E-state index contributed by atoms with van der Waals surface area (Å²) in [4.78, 5) is 12.1. The minimum absolute atomic E-state index is 0.0344. The minimum Gasteiger partial charge on any atom is -0.348 e. The van der Waals surface area contributed by atoms with Gasteiger partial charge in [0.1, 0.15) is 0 Å². The van der Waals surface area contributed by atoms with Crippen molar-refractivity contribution in [1.82, 2.24) is 5.32 Å². The highest BCUT2D eigenvalue weighted by molar-refractivity contribution is 14.1. The summed E-state index contributed by atoms with van der Waals surface area (Å²) in [5, 5.41) is 3.14. The Kier molecular flexibility index (Phi) is 3.00. The summed E-state index contributed by atoms with van der Waals surface area (Å²) in [6.07, 6.45) is 0. The van der Waals surface area contributed by atoms with Crippen LogP contribution in [-0.2, 0) is 0 Å². The molecule has 17 heavy (non-hydrogen) atoms. The quantitative estimate of drug-likeness (QED) is 0.819. The van der Waals surface area contributed by atoms with Crippen LogP contribution < -0.4 is 5.32 Å². The second kappa shape index (κ2) is 3.97. The molecule has 0 bridgehead atoms. The van der Waals surface area contributed by atoms with Crippen LogP contribution in [0.4, 0.5) is 0 Å². The summed E-state index contributed by atoms with van der Waals surface area (Å²) in [5.41, 5.74) is 1.12. The van der Waals surface area contributed by atoms with Gasteiger partial charge in [0.2, 0.25) is 0 Å². The molecule has 2 rings (SSSR count). The molecule has 3 heteroatoms. The van der Waals surface area contributed by atoms with Crippen molar-refractivity contribution < 1.29 is 4.79 Å². The summed E-state index contributed by atoms with van der Waals surface area (Å²) < 4.78 is 1.09. The monoisotopic (exact) mass is 343 g/mol. The number of hydrogen-bond acceptors (Lipinski definition) is 1. The van der Waals surface area contributed by atoms with Gasteiger partial charge in [0.25, 0.3) is 5.91 Å². The molecule has 2 nitrogen and oxygen atoms in total. The Hall–Kier alpha value is -0.580. The largest absolute Gasteiger partial charge is 0.348 e. The number of carbonyl (C=O) groups is 1. The van der Waals surface area contributed by atoms with Crippen LogP contribution in [0.3, 0.4) is 0 Å². The van der Waals surface area contributed by atoms with E-state index in [-0.39, 0.29) is 22.8 Å². The van der Waals surface area contributed by atoms with Crippen LogP contribution in [-0.4, -0.2) is 11.9 Å². The molecule has 1 fully saturated rings. The third kappa shape index (κ3) is 2.09. The molecule has 1 amide bonds. The number of carbonyl (C=O) groups excluding carboxylic acids is 1. The van der Waals surface area contributed by atoms with Gasteiger partial charge in [0, 0.05) is 15.2 Å². The minimum atomic E-state index is 0.0344. The Morgan fingerprint density at radius 2 is 1.82 bits per heavy atom. The highest BCUT2D eigenvalue weighted by Gasteiger charge is 2.65. The highest BCUT2D eigenvalue weighted by atomic mass is 127. The highest BCUT2D eigenvalue weighted by Crippen LogP contribution is 2.62. The third-order valence-corrected chi connectivity index (χ3v) is 5.05. The smallest absolute Gasteiger partial charge is 0.251 e. The molecule has 0 saturated heterocycles. The van der Waals surface area contributed by atoms with Gasteiger partial charge in [0.05, 0.1) is 0 Å². The number of amides is 1. The van der Waals surface area contributed by atoms with E-state index in [0.29, 0.717) is 0 Å². The molecule has 0 radical (unpaired) electrons. The number of rotatable bonds is 2. The van der Waals surface area contributed by atoms with E-state index < -0.39 is 0 Å². The van der Waals surface area contributed by atoms with Gasteiger partial charge in [-0.15, -0.1) is 0 Å². The summed E-state index contributed by atoms with van der Waals surface area (Å²) in [5.74, 6) is 0.0344. The van der Waals surface area contributed by atoms with Crippen LogP contribution in [0.15, 0.2) is 24.3 Å². The van der Waals surface area contributed by atoms with Crippen LogP contribution >= 0.6 is 22.6 Å². The van der Waals surface area contributed by atoms with Gasteiger partial charge >= 0.3 is 0 Å². The van der Waals surface area contributed by atoms with E-state index in [1.807, 2.05) is 24.3 Å². The molecule has 92 valence electrons. The maximum atomic E-state index is 12.1. The fraction of sp³-hybridized carbons (Fsp3) is 0.500. The van der Waals surface area contributed by atoms with Crippen molar-refractivity contribution in [3.05, 3.63) is 33.4 Å². The van der Waals surface area contributed by atoms with Crippen molar-refractivity contribution in [2.24, 2.45) is 10.8 Å². The van der Waals surface area contributed by atoms with E-state index in [1.54, 1.807) is 0 Å². The maximum absolute atomic E-state index is 12.1. The Bertz CT molecular complexity index is 451. The number of benzene rings is 1. The first-order valence-corrected chi connectivity index (χ1v) is 6.91. The molecule has 1 aliphatic carbocycles. The van der Waals surface area contributed by atoms with Crippen molar-refractivity contribution in [3.8, 4) is 0 Å². The number of nitrogens with one attached hydrogen (secondary N) is 1. The van der Waals surface area contributed by atoms with E-state index in [1.165, 1.54) is 0 Å². The van der Waals surface area contributed by atoms with Crippen LogP contribution in [0, 0.1) is 14.4 Å². The second-order valence-electron chi connectivity index (χ2n) is 5.86. The maximum Gasteiger partial charge on any atom is 0.251 e. The zero-order valence-electron chi connectivity index (χ0n) is 10.7. The predicted octanol–water partition coefficient (Wildman–Crippen LogP) is 3.46. The first kappa shape index (κ1) is 12.9. The van der Waals surface area contributed by atoms with Crippen LogP contribution in [0.5, 0.6) is 0 Å². The third-order valence-electron chi connectivity index (χ3n) is 4.38. The molecular weight excluding hydrogens is 325 g/mol. The average Bonchev–Trinajstić information content (AvgIpc) is 2.61. The van der Waals surface area contributed by atoms with Crippen molar-refractivity contribution in [2.75, 3.05) is 0 Å². The number of hydrogen-bond donors (Lipinski definition) is 1. The first-order valence-electron chi connectivity index (χ1n) is 5.83. The molecule has 1 N–H and O–H groups in total. The average molecular weight is 343 g/mol. The fourth-order valence-corrected chi connectivity index (χ4v) is 2.94. The van der Waals surface area contributed by atoms with Crippen molar-refractivity contribution in [3.63, 3.8) is 0 Å². The molecule has 1 aromatic rings. The molecule has 0 atom stereocenters. The lowest BCUT2D eigenvalue weighted by atomic mass is 10.0. The predicted molar refractivity (Wildman–Crippen MR) is 78.0 cm³/mol. The molecule has 1 aromatic carbocycles. The normalized spacial score (nSPS) is 21.0. The van der Waals surface area contributed by atoms with Crippen molar-refractivity contribution in [1.29, 1.82) is 0 Å². The number of halogens is 1. The van der Waals surface area contributed by atoms with E-state index in [4.69, 9.17) is 0 Å². The molecule has 0 aliphatic heterocycles. The van der Waals surface area contributed by atoms with E-state index in [2.05, 4.69) is 55.6 Å². The van der Waals surface area contributed by atoms with E-state index in [9.17, 15) is 4.79 Å².